The van der Waals surface area contributed by atoms with Crippen LogP contribution in [0.15, 0.2) is 42.6 Å². The van der Waals surface area contributed by atoms with Gasteiger partial charge in [-0.05, 0) is 35.2 Å². The molecular formula is C24H36N3O2+. The van der Waals surface area contributed by atoms with Crippen LogP contribution in [0.2, 0.25) is 0 Å². The summed E-state index contributed by atoms with van der Waals surface area (Å²) in [6, 6.07) is 12.3. The highest BCUT2D eigenvalue weighted by atomic mass is 16.5. The third kappa shape index (κ3) is 5.94. The number of hydrogen-bond donors (Lipinski definition) is 1. The summed E-state index contributed by atoms with van der Waals surface area (Å²) in [5.41, 5.74) is 3.26. The number of hydrogen-bond acceptors (Lipinski definition) is 2. The Morgan fingerprint density at radius 1 is 1.14 bits per heavy atom. The summed E-state index contributed by atoms with van der Waals surface area (Å²) < 4.78 is 7.55. The van der Waals surface area contributed by atoms with E-state index in [1.165, 1.54) is 5.56 Å². The predicted octanol–water partition coefficient (Wildman–Crippen LogP) is 2.27. The van der Waals surface area contributed by atoms with Gasteiger partial charge in [0.25, 0.3) is 5.91 Å². The summed E-state index contributed by atoms with van der Waals surface area (Å²) in [6.07, 6.45) is 3.04. The average Bonchev–Trinajstić information content (AvgIpc) is 3.11. The number of rotatable bonds is 7. The van der Waals surface area contributed by atoms with E-state index >= 15 is 0 Å². The number of nitrogens with zero attached hydrogens (tertiary/aromatic N) is 2. The molecule has 0 bridgehead atoms. The molecule has 1 fully saturated rings. The second-order valence-electron chi connectivity index (χ2n) is 9.13. The summed E-state index contributed by atoms with van der Waals surface area (Å²) in [5.74, 6) is 0.114. The van der Waals surface area contributed by atoms with E-state index in [4.69, 9.17) is 4.74 Å². The number of morpholine rings is 1. The molecule has 3 rings (SSSR count). The lowest BCUT2D eigenvalue weighted by Crippen LogP contribution is -3.14. The minimum atomic E-state index is 0.0885. The van der Waals surface area contributed by atoms with Gasteiger partial charge in [0.1, 0.15) is 13.1 Å². The van der Waals surface area contributed by atoms with E-state index in [1.807, 2.05) is 36.3 Å². The van der Waals surface area contributed by atoms with Crippen molar-refractivity contribution in [3.63, 3.8) is 0 Å². The summed E-state index contributed by atoms with van der Waals surface area (Å²) in [4.78, 5) is 16.9. The first-order valence-electron chi connectivity index (χ1n) is 10.8. The maximum absolute atomic E-state index is 13.3. The van der Waals surface area contributed by atoms with Crippen LogP contribution in [0.4, 0.5) is 0 Å². The highest BCUT2D eigenvalue weighted by Gasteiger charge is 2.20. The Kier molecular flexibility index (Phi) is 7.14. The van der Waals surface area contributed by atoms with E-state index in [0.717, 1.165) is 57.1 Å². The molecule has 0 spiro atoms. The minimum Gasteiger partial charge on any atom is -0.370 e. The predicted molar refractivity (Wildman–Crippen MR) is 116 cm³/mol. The van der Waals surface area contributed by atoms with Crippen molar-refractivity contribution in [3.8, 4) is 0 Å². The molecule has 1 saturated heterocycles. The zero-order valence-electron chi connectivity index (χ0n) is 18.4. The van der Waals surface area contributed by atoms with Crippen LogP contribution in [-0.4, -0.2) is 54.8 Å². The van der Waals surface area contributed by atoms with Gasteiger partial charge in [0.15, 0.2) is 0 Å². The molecule has 1 aliphatic rings. The van der Waals surface area contributed by atoms with Crippen molar-refractivity contribution in [1.82, 2.24) is 9.47 Å². The molecule has 5 nitrogen and oxygen atoms in total. The Hall–Kier alpha value is -2.11. The van der Waals surface area contributed by atoms with Crippen LogP contribution in [-0.2, 0) is 23.7 Å². The van der Waals surface area contributed by atoms with Crippen molar-refractivity contribution in [2.24, 2.45) is 7.05 Å². The average molecular weight is 399 g/mol. The fourth-order valence-electron chi connectivity index (χ4n) is 3.83. The number of quaternary nitrogens is 1. The fourth-order valence-corrected chi connectivity index (χ4v) is 3.83. The van der Waals surface area contributed by atoms with E-state index in [1.54, 1.807) is 4.90 Å². The molecule has 1 amide bonds. The van der Waals surface area contributed by atoms with Crippen LogP contribution >= 0.6 is 0 Å². The molecule has 1 aromatic heterocycles. The van der Waals surface area contributed by atoms with Gasteiger partial charge in [-0.1, -0.05) is 32.9 Å². The number of aromatic nitrogens is 1. The van der Waals surface area contributed by atoms with Gasteiger partial charge in [0, 0.05) is 37.5 Å². The van der Waals surface area contributed by atoms with Crippen molar-refractivity contribution in [3.05, 3.63) is 59.4 Å². The van der Waals surface area contributed by atoms with Crippen LogP contribution in [0.1, 0.15) is 48.8 Å². The zero-order valence-corrected chi connectivity index (χ0v) is 18.4. The van der Waals surface area contributed by atoms with Crippen molar-refractivity contribution in [1.29, 1.82) is 0 Å². The highest BCUT2D eigenvalue weighted by Crippen LogP contribution is 2.22. The molecule has 0 saturated carbocycles. The summed E-state index contributed by atoms with van der Waals surface area (Å²) in [5, 5.41) is 0. The van der Waals surface area contributed by atoms with Crippen LogP contribution in [0.5, 0.6) is 0 Å². The topological polar surface area (TPSA) is 38.9 Å². The van der Waals surface area contributed by atoms with E-state index < -0.39 is 0 Å². The monoisotopic (exact) mass is 398 g/mol. The first-order valence-corrected chi connectivity index (χ1v) is 10.8. The van der Waals surface area contributed by atoms with Crippen molar-refractivity contribution < 1.29 is 14.4 Å². The largest absolute Gasteiger partial charge is 0.370 e. The number of aryl methyl sites for hydroxylation is 1. The molecule has 0 aliphatic carbocycles. The SMILES string of the molecule is Cn1cccc1CN(CCC[NH+]1CCOCC1)C(=O)c1ccc(C(C)(C)C)cc1. The third-order valence-corrected chi connectivity index (χ3v) is 5.85. The molecule has 1 aromatic carbocycles. The van der Waals surface area contributed by atoms with Gasteiger partial charge in [0.2, 0.25) is 0 Å². The Morgan fingerprint density at radius 2 is 1.83 bits per heavy atom. The molecule has 29 heavy (non-hydrogen) atoms. The van der Waals surface area contributed by atoms with Gasteiger partial charge in [0.05, 0.1) is 26.3 Å². The molecule has 0 unspecified atom stereocenters. The first kappa shape index (κ1) is 21.6. The fraction of sp³-hybridized carbons (Fsp3) is 0.542. The Morgan fingerprint density at radius 3 is 2.41 bits per heavy atom. The molecule has 1 N–H and O–H groups in total. The van der Waals surface area contributed by atoms with E-state index in [0.29, 0.717) is 6.54 Å². The van der Waals surface area contributed by atoms with Gasteiger partial charge in [-0.2, -0.15) is 0 Å². The van der Waals surface area contributed by atoms with Crippen LogP contribution < -0.4 is 4.90 Å². The number of carbonyl (C=O) groups is 1. The maximum atomic E-state index is 13.3. The molecule has 158 valence electrons. The number of benzene rings is 1. The zero-order chi connectivity index (χ0) is 20.9. The third-order valence-electron chi connectivity index (χ3n) is 5.85. The molecule has 0 atom stereocenters. The van der Waals surface area contributed by atoms with Crippen molar-refractivity contribution in [2.45, 2.75) is 39.2 Å². The van der Waals surface area contributed by atoms with Gasteiger partial charge >= 0.3 is 0 Å². The Labute approximate surface area is 175 Å². The van der Waals surface area contributed by atoms with E-state index in [-0.39, 0.29) is 11.3 Å². The van der Waals surface area contributed by atoms with Crippen LogP contribution in [0.3, 0.4) is 0 Å². The lowest BCUT2D eigenvalue weighted by Gasteiger charge is -2.27. The number of amides is 1. The van der Waals surface area contributed by atoms with Crippen molar-refractivity contribution >= 4 is 5.91 Å². The normalized spacial score (nSPS) is 15.4. The second kappa shape index (κ2) is 9.59. The van der Waals surface area contributed by atoms with E-state index in [2.05, 4.69) is 43.5 Å². The van der Waals surface area contributed by atoms with E-state index in [9.17, 15) is 4.79 Å². The lowest BCUT2D eigenvalue weighted by atomic mass is 9.86. The smallest absolute Gasteiger partial charge is 0.254 e. The number of nitrogens with one attached hydrogen (secondary N) is 1. The summed E-state index contributed by atoms with van der Waals surface area (Å²) >= 11 is 0. The molecule has 2 aromatic rings. The summed E-state index contributed by atoms with van der Waals surface area (Å²) in [7, 11) is 2.04. The number of ether oxygens (including phenoxy) is 1. The second-order valence-corrected chi connectivity index (χ2v) is 9.13. The van der Waals surface area contributed by atoms with Crippen LogP contribution in [0, 0.1) is 0 Å². The maximum Gasteiger partial charge on any atom is 0.254 e. The number of carbonyl (C=O) groups excluding carboxylic acids is 1. The molecule has 2 heterocycles. The quantitative estimate of drug-likeness (QED) is 0.777. The standard InChI is InChI=1S/C24H35N3O2/c1-24(2,3)21-10-8-20(9-11-21)23(28)27(19-22-7-5-12-25(22)4)14-6-13-26-15-17-29-18-16-26/h5,7-12H,6,13-19H2,1-4H3/p+1. The van der Waals surface area contributed by atoms with Gasteiger partial charge in [-0.25, -0.2) is 0 Å². The minimum absolute atomic E-state index is 0.0885. The Bertz CT molecular complexity index is 783. The molecule has 0 radical (unpaired) electrons. The van der Waals surface area contributed by atoms with Crippen molar-refractivity contribution in [2.75, 3.05) is 39.4 Å². The van der Waals surface area contributed by atoms with Gasteiger partial charge < -0.3 is 19.1 Å². The highest BCUT2D eigenvalue weighted by molar-refractivity contribution is 5.94. The molecular weight excluding hydrogens is 362 g/mol. The Balaban J connectivity index is 1.69. The summed E-state index contributed by atoms with van der Waals surface area (Å²) in [6.45, 7) is 12.9. The molecule has 1 aliphatic heterocycles. The first-order chi connectivity index (χ1) is 13.8. The lowest BCUT2D eigenvalue weighted by molar-refractivity contribution is -0.908. The van der Waals surface area contributed by atoms with Gasteiger partial charge in [-0.15, -0.1) is 0 Å². The van der Waals surface area contributed by atoms with Gasteiger partial charge in [-0.3, -0.25) is 4.79 Å². The molecule has 5 heteroatoms. The van der Waals surface area contributed by atoms with Crippen LogP contribution in [0.25, 0.3) is 0 Å².